The van der Waals surface area contributed by atoms with Crippen molar-refractivity contribution < 1.29 is 9.90 Å². The quantitative estimate of drug-likeness (QED) is 0.734. The second kappa shape index (κ2) is 7.12. The fraction of sp³-hybridized carbons (Fsp3) is 0.909. The SMILES string of the molecule is CC(CCC(=O)O)NCC1CCSCC1. The zero-order valence-corrected chi connectivity index (χ0v) is 10.2. The first-order chi connectivity index (χ1) is 7.18. The van der Waals surface area contributed by atoms with Crippen molar-refractivity contribution in [2.24, 2.45) is 5.92 Å². The number of carbonyl (C=O) groups is 1. The van der Waals surface area contributed by atoms with Crippen LogP contribution in [0.3, 0.4) is 0 Å². The Kier molecular flexibility index (Phi) is 6.10. The fourth-order valence-electron chi connectivity index (χ4n) is 1.76. The summed E-state index contributed by atoms with van der Waals surface area (Å²) in [5.74, 6) is 2.68. The van der Waals surface area contributed by atoms with E-state index in [9.17, 15) is 4.79 Å². The van der Waals surface area contributed by atoms with Crippen LogP contribution in [-0.4, -0.2) is 35.2 Å². The van der Waals surface area contributed by atoms with Gasteiger partial charge in [-0.1, -0.05) is 0 Å². The van der Waals surface area contributed by atoms with Crippen molar-refractivity contribution in [3.8, 4) is 0 Å². The van der Waals surface area contributed by atoms with Crippen LogP contribution in [0.25, 0.3) is 0 Å². The van der Waals surface area contributed by atoms with E-state index in [-0.39, 0.29) is 6.42 Å². The number of hydrogen-bond donors (Lipinski definition) is 2. The third-order valence-corrected chi connectivity index (χ3v) is 3.94. The van der Waals surface area contributed by atoms with E-state index in [0.717, 1.165) is 18.9 Å². The normalized spacial score (nSPS) is 20.1. The van der Waals surface area contributed by atoms with Gasteiger partial charge in [0.15, 0.2) is 0 Å². The lowest BCUT2D eigenvalue weighted by Gasteiger charge is -2.23. The molecule has 0 aliphatic carbocycles. The standard InChI is InChI=1S/C11H21NO2S/c1-9(2-3-11(13)14)12-8-10-4-6-15-7-5-10/h9-10,12H,2-8H2,1H3,(H,13,14). The first-order valence-electron chi connectivity index (χ1n) is 5.71. The van der Waals surface area contributed by atoms with Crippen molar-refractivity contribution in [1.82, 2.24) is 5.32 Å². The Morgan fingerprint density at radius 1 is 1.53 bits per heavy atom. The minimum absolute atomic E-state index is 0.273. The Labute approximate surface area is 96.0 Å². The molecule has 1 aliphatic rings. The monoisotopic (exact) mass is 231 g/mol. The van der Waals surface area contributed by atoms with E-state index < -0.39 is 5.97 Å². The highest BCUT2D eigenvalue weighted by Crippen LogP contribution is 2.22. The van der Waals surface area contributed by atoms with Gasteiger partial charge in [0.05, 0.1) is 0 Å². The van der Waals surface area contributed by atoms with Crippen LogP contribution in [0.1, 0.15) is 32.6 Å². The molecule has 0 spiro atoms. The van der Waals surface area contributed by atoms with Crippen LogP contribution in [-0.2, 0) is 4.79 Å². The van der Waals surface area contributed by atoms with Crippen LogP contribution < -0.4 is 5.32 Å². The zero-order valence-electron chi connectivity index (χ0n) is 9.37. The first-order valence-corrected chi connectivity index (χ1v) is 6.87. The first kappa shape index (κ1) is 12.8. The van der Waals surface area contributed by atoms with Gasteiger partial charge in [-0.25, -0.2) is 0 Å². The van der Waals surface area contributed by atoms with Gasteiger partial charge in [-0.2, -0.15) is 11.8 Å². The summed E-state index contributed by atoms with van der Waals surface area (Å²) in [5.41, 5.74) is 0. The molecule has 0 saturated carbocycles. The second-order valence-corrected chi connectivity index (χ2v) is 5.52. The molecule has 1 aliphatic heterocycles. The minimum atomic E-state index is -0.697. The van der Waals surface area contributed by atoms with Crippen molar-refractivity contribution in [3.05, 3.63) is 0 Å². The minimum Gasteiger partial charge on any atom is -0.481 e. The third-order valence-electron chi connectivity index (χ3n) is 2.89. The molecule has 4 heteroatoms. The fourth-order valence-corrected chi connectivity index (χ4v) is 2.96. The highest BCUT2D eigenvalue weighted by atomic mass is 32.2. The van der Waals surface area contributed by atoms with Crippen LogP contribution in [0.5, 0.6) is 0 Å². The van der Waals surface area contributed by atoms with Gasteiger partial charge in [-0.15, -0.1) is 0 Å². The van der Waals surface area contributed by atoms with Crippen molar-refractivity contribution >= 4 is 17.7 Å². The number of aliphatic carboxylic acids is 1. The summed E-state index contributed by atoms with van der Waals surface area (Å²) in [5, 5.41) is 12.0. The van der Waals surface area contributed by atoms with Gasteiger partial charge in [0.1, 0.15) is 0 Å². The molecule has 88 valence electrons. The molecular formula is C11H21NO2S. The maximum absolute atomic E-state index is 10.4. The summed E-state index contributed by atoms with van der Waals surface area (Å²) >= 11 is 2.04. The van der Waals surface area contributed by atoms with Crippen molar-refractivity contribution in [3.63, 3.8) is 0 Å². The molecule has 1 heterocycles. The van der Waals surface area contributed by atoms with Crippen LogP contribution in [0.2, 0.25) is 0 Å². The highest BCUT2D eigenvalue weighted by molar-refractivity contribution is 7.99. The van der Waals surface area contributed by atoms with Crippen molar-refractivity contribution in [2.45, 2.75) is 38.6 Å². The number of carboxylic acid groups (broad SMARTS) is 1. The molecule has 1 saturated heterocycles. The van der Waals surface area contributed by atoms with E-state index in [0.29, 0.717) is 6.04 Å². The third kappa shape index (κ3) is 6.05. The molecule has 0 aromatic heterocycles. The molecule has 3 nitrogen and oxygen atoms in total. The summed E-state index contributed by atoms with van der Waals surface area (Å²) in [6, 6.07) is 0.329. The topological polar surface area (TPSA) is 49.3 Å². The Bertz CT molecular complexity index is 193. The predicted octanol–water partition coefficient (Wildman–Crippen LogP) is 1.97. The summed E-state index contributed by atoms with van der Waals surface area (Å²) in [7, 11) is 0. The molecule has 0 aromatic rings. The van der Waals surface area contributed by atoms with Gasteiger partial charge in [-0.05, 0) is 50.2 Å². The van der Waals surface area contributed by atoms with Crippen molar-refractivity contribution in [2.75, 3.05) is 18.1 Å². The molecule has 15 heavy (non-hydrogen) atoms. The largest absolute Gasteiger partial charge is 0.481 e. The number of nitrogens with one attached hydrogen (secondary N) is 1. The Hall–Kier alpha value is -0.220. The lowest BCUT2D eigenvalue weighted by atomic mass is 10.0. The van der Waals surface area contributed by atoms with Gasteiger partial charge >= 0.3 is 5.97 Å². The zero-order chi connectivity index (χ0) is 11.1. The van der Waals surface area contributed by atoms with Gasteiger partial charge < -0.3 is 10.4 Å². The smallest absolute Gasteiger partial charge is 0.303 e. The predicted molar refractivity (Wildman–Crippen MR) is 64.4 cm³/mol. The summed E-state index contributed by atoms with van der Waals surface area (Å²) in [6.45, 7) is 3.13. The average Bonchev–Trinajstić information content (AvgIpc) is 2.25. The molecule has 2 N–H and O–H groups in total. The van der Waals surface area contributed by atoms with E-state index in [1.165, 1.54) is 24.3 Å². The molecule has 0 bridgehead atoms. The molecule has 1 atom stereocenters. The lowest BCUT2D eigenvalue weighted by Crippen LogP contribution is -2.33. The number of rotatable bonds is 6. The summed E-state index contributed by atoms with van der Waals surface area (Å²) in [6.07, 6.45) is 3.62. The van der Waals surface area contributed by atoms with Gasteiger partial charge in [0.25, 0.3) is 0 Å². The number of hydrogen-bond acceptors (Lipinski definition) is 3. The molecule has 1 fully saturated rings. The molecule has 0 radical (unpaired) electrons. The van der Waals surface area contributed by atoms with Gasteiger partial charge in [0, 0.05) is 12.5 Å². The lowest BCUT2D eigenvalue weighted by molar-refractivity contribution is -0.137. The van der Waals surface area contributed by atoms with E-state index in [1.54, 1.807) is 0 Å². The molecule has 1 rings (SSSR count). The Balaban J connectivity index is 2.04. The van der Waals surface area contributed by atoms with Crippen LogP contribution in [0.4, 0.5) is 0 Å². The van der Waals surface area contributed by atoms with Crippen LogP contribution in [0, 0.1) is 5.92 Å². The molecular weight excluding hydrogens is 210 g/mol. The Morgan fingerprint density at radius 2 is 2.20 bits per heavy atom. The van der Waals surface area contributed by atoms with E-state index in [2.05, 4.69) is 12.2 Å². The summed E-state index contributed by atoms with van der Waals surface area (Å²) in [4.78, 5) is 10.4. The highest BCUT2D eigenvalue weighted by Gasteiger charge is 2.14. The van der Waals surface area contributed by atoms with Crippen LogP contribution >= 0.6 is 11.8 Å². The van der Waals surface area contributed by atoms with Gasteiger partial charge in [0.2, 0.25) is 0 Å². The van der Waals surface area contributed by atoms with Crippen molar-refractivity contribution in [1.29, 1.82) is 0 Å². The average molecular weight is 231 g/mol. The number of thioether (sulfide) groups is 1. The van der Waals surface area contributed by atoms with Crippen LogP contribution in [0.15, 0.2) is 0 Å². The molecule has 0 aromatic carbocycles. The molecule has 1 unspecified atom stereocenters. The van der Waals surface area contributed by atoms with E-state index in [4.69, 9.17) is 5.11 Å². The second-order valence-electron chi connectivity index (χ2n) is 4.30. The maximum atomic E-state index is 10.4. The van der Waals surface area contributed by atoms with E-state index in [1.807, 2.05) is 11.8 Å². The Morgan fingerprint density at radius 3 is 2.80 bits per heavy atom. The molecule has 0 amide bonds. The summed E-state index contributed by atoms with van der Waals surface area (Å²) < 4.78 is 0. The number of carboxylic acids is 1. The maximum Gasteiger partial charge on any atom is 0.303 e. The van der Waals surface area contributed by atoms with E-state index >= 15 is 0 Å². The van der Waals surface area contributed by atoms with Gasteiger partial charge in [-0.3, -0.25) is 4.79 Å².